The maximum absolute atomic E-state index is 4.07. The maximum atomic E-state index is 4.07. The summed E-state index contributed by atoms with van der Waals surface area (Å²) in [5.41, 5.74) is 7.03. The third-order valence-corrected chi connectivity index (χ3v) is 2.80. The molecule has 0 amide bonds. The monoisotopic (exact) mass is 238 g/mol. The summed E-state index contributed by atoms with van der Waals surface area (Å²) >= 11 is 0. The Hall–Kier alpha value is -1.82. The predicted octanol–water partition coefficient (Wildman–Crippen LogP) is 5.26. The van der Waals surface area contributed by atoms with Crippen LogP contribution in [0.15, 0.2) is 61.2 Å². The first-order chi connectivity index (χ1) is 8.40. The Balaban J connectivity index is 2.86. The molecule has 0 radical (unpaired) electrons. The van der Waals surface area contributed by atoms with E-state index in [1.165, 1.54) is 16.7 Å². The minimum atomic E-state index is 0.865. The van der Waals surface area contributed by atoms with E-state index in [-0.39, 0.29) is 0 Å². The maximum Gasteiger partial charge on any atom is -0.00314 e. The van der Waals surface area contributed by atoms with Gasteiger partial charge in [-0.25, -0.2) is 0 Å². The van der Waals surface area contributed by atoms with Gasteiger partial charge >= 0.3 is 0 Å². The van der Waals surface area contributed by atoms with E-state index < -0.39 is 0 Å². The van der Waals surface area contributed by atoms with Crippen molar-refractivity contribution >= 4 is 5.57 Å². The Kier molecular flexibility index (Phi) is 4.91. The molecule has 1 aromatic carbocycles. The third-order valence-electron chi connectivity index (χ3n) is 2.80. The molecule has 0 N–H and O–H groups in total. The zero-order valence-corrected chi connectivity index (χ0v) is 11.7. The zero-order chi connectivity index (χ0) is 13.7. The number of allylic oxidation sites excluding steroid dienone is 5. The van der Waals surface area contributed by atoms with Crippen molar-refractivity contribution in [3.8, 4) is 0 Å². The van der Waals surface area contributed by atoms with Gasteiger partial charge in [0.1, 0.15) is 0 Å². The van der Waals surface area contributed by atoms with E-state index in [0.29, 0.717) is 0 Å². The Morgan fingerprint density at radius 2 is 1.78 bits per heavy atom. The SMILES string of the molecule is C=C(C)C=CC(=C)Cc1ccc(C)c(C(=C)C)c1. The Labute approximate surface area is 111 Å². The molecule has 0 aliphatic heterocycles. The van der Waals surface area contributed by atoms with Crippen molar-refractivity contribution in [3.63, 3.8) is 0 Å². The van der Waals surface area contributed by atoms with E-state index in [2.05, 4.69) is 44.9 Å². The molecule has 0 atom stereocenters. The van der Waals surface area contributed by atoms with Crippen molar-refractivity contribution in [2.24, 2.45) is 0 Å². The molecule has 0 aliphatic carbocycles. The lowest BCUT2D eigenvalue weighted by Gasteiger charge is -2.09. The normalized spacial score (nSPS) is 10.6. The van der Waals surface area contributed by atoms with Crippen LogP contribution in [-0.2, 0) is 6.42 Å². The molecule has 0 saturated carbocycles. The summed E-state index contributed by atoms with van der Waals surface area (Å²) in [5, 5.41) is 0. The van der Waals surface area contributed by atoms with Gasteiger partial charge in [0.25, 0.3) is 0 Å². The van der Waals surface area contributed by atoms with E-state index >= 15 is 0 Å². The van der Waals surface area contributed by atoms with Crippen LogP contribution >= 0.6 is 0 Å². The molecule has 0 heterocycles. The second-order valence-electron chi connectivity index (χ2n) is 4.94. The Morgan fingerprint density at radius 3 is 2.33 bits per heavy atom. The summed E-state index contributed by atoms with van der Waals surface area (Å²) in [7, 11) is 0. The highest BCUT2D eigenvalue weighted by molar-refractivity contribution is 5.65. The standard InChI is InChI=1S/C18H22/c1-13(2)7-8-15(5)11-17-10-9-16(6)18(12-17)14(3)4/h7-10,12H,1,3,5,11H2,2,4,6H3. The van der Waals surface area contributed by atoms with Gasteiger partial charge in [0, 0.05) is 0 Å². The summed E-state index contributed by atoms with van der Waals surface area (Å²) in [4.78, 5) is 0. The summed E-state index contributed by atoms with van der Waals surface area (Å²) in [6.07, 6.45) is 4.89. The van der Waals surface area contributed by atoms with Gasteiger partial charge in [-0.15, -0.1) is 0 Å². The molecule has 0 heteroatoms. The van der Waals surface area contributed by atoms with E-state index in [1.54, 1.807) is 0 Å². The van der Waals surface area contributed by atoms with Crippen LogP contribution in [0.2, 0.25) is 0 Å². The van der Waals surface area contributed by atoms with E-state index in [0.717, 1.165) is 23.1 Å². The molecule has 0 aromatic heterocycles. The van der Waals surface area contributed by atoms with E-state index in [4.69, 9.17) is 0 Å². The Morgan fingerprint density at radius 1 is 1.11 bits per heavy atom. The molecule has 18 heavy (non-hydrogen) atoms. The predicted molar refractivity (Wildman–Crippen MR) is 82.7 cm³/mol. The lowest BCUT2D eigenvalue weighted by Crippen LogP contribution is -1.91. The van der Waals surface area contributed by atoms with Crippen LogP contribution in [0.4, 0.5) is 0 Å². The van der Waals surface area contributed by atoms with Crippen molar-refractivity contribution in [1.82, 2.24) is 0 Å². The van der Waals surface area contributed by atoms with Gasteiger partial charge in [-0.1, -0.05) is 66.8 Å². The van der Waals surface area contributed by atoms with Gasteiger partial charge in [-0.05, 0) is 43.9 Å². The fourth-order valence-electron chi connectivity index (χ4n) is 1.82. The van der Waals surface area contributed by atoms with Crippen molar-refractivity contribution in [2.45, 2.75) is 27.2 Å². The van der Waals surface area contributed by atoms with Crippen molar-refractivity contribution < 1.29 is 0 Å². The van der Waals surface area contributed by atoms with E-state index in [1.807, 2.05) is 26.0 Å². The first-order valence-electron chi connectivity index (χ1n) is 6.17. The molecule has 0 fully saturated rings. The lowest BCUT2D eigenvalue weighted by molar-refractivity contribution is 1.19. The summed E-state index contributed by atoms with van der Waals surface area (Å²) < 4.78 is 0. The van der Waals surface area contributed by atoms with Crippen LogP contribution in [0.3, 0.4) is 0 Å². The topological polar surface area (TPSA) is 0 Å². The van der Waals surface area contributed by atoms with Crippen LogP contribution in [0.25, 0.3) is 5.57 Å². The van der Waals surface area contributed by atoms with Gasteiger partial charge in [0.15, 0.2) is 0 Å². The number of benzene rings is 1. The first kappa shape index (κ1) is 14.2. The van der Waals surface area contributed by atoms with Gasteiger partial charge < -0.3 is 0 Å². The fourth-order valence-corrected chi connectivity index (χ4v) is 1.82. The van der Waals surface area contributed by atoms with Crippen LogP contribution < -0.4 is 0 Å². The Bertz CT molecular complexity index is 513. The number of hydrogen-bond donors (Lipinski definition) is 0. The first-order valence-corrected chi connectivity index (χ1v) is 6.17. The second-order valence-corrected chi connectivity index (χ2v) is 4.94. The van der Waals surface area contributed by atoms with Crippen LogP contribution in [0.5, 0.6) is 0 Å². The number of hydrogen-bond acceptors (Lipinski definition) is 0. The third kappa shape index (κ3) is 4.21. The fraction of sp³-hybridized carbons (Fsp3) is 0.222. The van der Waals surface area contributed by atoms with Gasteiger partial charge in [0.05, 0.1) is 0 Å². The van der Waals surface area contributed by atoms with Crippen LogP contribution in [0.1, 0.15) is 30.5 Å². The molecule has 0 saturated heterocycles. The molecule has 0 aliphatic rings. The molecule has 1 aromatic rings. The van der Waals surface area contributed by atoms with Gasteiger partial charge in [-0.2, -0.15) is 0 Å². The number of aryl methyl sites for hydroxylation is 1. The van der Waals surface area contributed by atoms with Crippen LogP contribution in [-0.4, -0.2) is 0 Å². The lowest BCUT2D eigenvalue weighted by atomic mass is 9.97. The molecule has 0 unspecified atom stereocenters. The molecular formula is C18H22. The summed E-state index contributed by atoms with van der Waals surface area (Å²) in [6.45, 7) is 18.1. The molecule has 0 nitrogen and oxygen atoms in total. The van der Waals surface area contributed by atoms with Crippen molar-refractivity contribution in [2.75, 3.05) is 0 Å². The molecular weight excluding hydrogens is 216 g/mol. The van der Waals surface area contributed by atoms with E-state index in [9.17, 15) is 0 Å². The molecule has 1 rings (SSSR count). The minimum Gasteiger partial charge on any atom is -0.0961 e. The quantitative estimate of drug-likeness (QED) is 0.614. The summed E-state index contributed by atoms with van der Waals surface area (Å²) in [5.74, 6) is 0. The second kappa shape index (κ2) is 6.20. The average molecular weight is 238 g/mol. The van der Waals surface area contributed by atoms with Crippen molar-refractivity contribution in [3.05, 3.63) is 77.9 Å². The summed E-state index contributed by atoms with van der Waals surface area (Å²) in [6, 6.07) is 6.51. The van der Waals surface area contributed by atoms with Crippen LogP contribution in [0, 0.1) is 6.92 Å². The van der Waals surface area contributed by atoms with Gasteiger partial charge in [-0.3, -0.25) is 0 Å². The zero-order valence-electron chi connectivity index (χ0n) is 11.7. The largest absolute Gasteiger partial charge is 0.0961 e. The molecule has 94 valence electrons. The molecule has 0 spiro atoms. The van der Waals surface area contributed by atoms with Crippen molar-refractivity contribution in [1.29, 1.82) is 0 Å². The average Bonchev–Trinajstić information content (AvgIpc) is 2.28. The van der Waals surface area contributed by atoms with Gasteiger partial charge in [0.2, 0.25) is 0 Å². The molecule has 0 bridgehead atoms. The smallest absolute Gasteiger partial charge is 0.00314 e. The highest BCUT2D eigenvalue weighted by Crippen LogP contribution is 2.20. The highest BCUT2D eigenvalue weighted by Gasteiger charge is 2.02. The minimum absolute atomic E-state index is 0.865. The highest BCUT2D eigenvalue weighted by atomic mass is 14.1. The number of rotatable bonds is 5.